The Labute approximate surface area is 171 Å². The molecule has 2 rings (SSSR count). The molecule has 0 radical (unpaired) electrons. The second-order valence-corrected chi connectivity index (χ2v) is 7.98. The number of ketones is 1. The van der Waals surface area contributed by atoms with Crippen molar-refractivity contribution in [3.05, 3.63) is 65.2 Å². The van der Waals surface area contributed by atoms with Gasteiger partial charge in [0.25, 0.3) is 5.91 Å². The number of hydrogen-bond donors (Lipinski definition) is 3. The molecule has 0 aromatic heterocycles. The molecule has 0 unspecified atom stereocenters. The normalized spacial score (nSPS) is 12.0. The number of benzene rings is 2. The molecule has 0 saturated heterocycles. The third-order valence-electron chi connectivity index (χ3n) is 3.98. The van der Waals surface area contributed by atoms with Crippen molar-refractivity contribution in [3.8, 4) is 0 Å². The van der Waals surface area contributed by atoms with Crippen LogP contribution in [0.5, 0.6) is 0 Å². The molecule has 2 aromatic rings. The third kappa shape index (κ3) is 6.42. The number of halogens is 1. The highest BCUT2D eigenvalue weighted by molar-refractivity contribution is 7.89. The van der Waals surface area contributed by atoms with Crippen LogP contribution < -0.4 is 15.8 Å². The molecule has 7 nitrogen and oxygen atoms in total. The van der Waals surface area contributed by atoms with E-state index in [9.17, 15) is 18.0 Å². The molecule has 0 heterocycles. The highest BCUT2D eigenvalue weighted by Gasteiger charge is 2.14. The Bertz CT molecular complexity index is 913. The van der Waals surface area contributed by atoms with Crippen molar-refractivity contribution in [2.45, 2.75) is 31.3 Å². The summed E-state index contributed by atoms with van der Waals surface area (Å²) < 4.78 is 27.2. The Balaban J connectivity index is 0.00000392. The predicted octanol–water partition coefficient (Wildman–Crippen LogP) is 1.87. The minimum Gasteiger partial charge on any atom is -0.348 e. The molecule has 4 N–H and O–H groups in total. The minimum absolute atomic E-state index is 0. The van der Waals surface area contributed by atoms with Crippen LogP contribution in [0.1, 0.15) is 40.1 Å². The predicted molar refractivity (Wildman–Crippen MR) is 110 cm³/mol. The van der Waals surface area contributed by atoms with E-state index in [4.69, 9.17) is 5.73 Å². The van der Waals surface area contributed by atoms with Crippen molar-refractivity contribution < 1.29 is 18.0 Å². The van der Waals surface area contributed by atoms with Gasteiger partial charge in [-0.3, -0.25) is 9.59 Å². The lowest BCUT2D eigenvalue weighted by Crippen LogP contribution is -2.37. The van der Waals surface area contributed by atoms with Crippen LogP contribution in [0.2, 0.25) is 0 Å². The van der Waals surface area contributed by atoms with Crippen molar-refractivity contribution >= 4 is 34.1 Å². The van der Waals surface area contributed by atoms with Gasteiger partial charge in [0.2, 0.25) is 10.0 Å². The molecule has 152 valence electrons. The van der Waals surface area contributed by atoms with E-state index in [2.05, 4.69) is 10.0 Å². The molecular formula is C19H24ClN3O4S. The highest BCUT2D eigenvalue weighted by atomic mass is 35.5. The highest BCUT2D eigenvalue weighted by Crippen LogP contribution is 2.12. The maximum absolute atomic E-state index is 12.3. The van der Waals surface area contributed by atoms with Crippen LogP contribution >= 0.6 is 12.4 Å². The molecule has 0 aliphatic carbocycles. The van der Waals surface area contributed by atoms with Crippen molar-refractivity contribution in [2.24, 2.45) is 5.73 Å². The summed E-state index contributed by atoms with van der Waals surface area (Å²) in [6, 6.07) is 12.2. The van der Waals surface area contributed by atoms with Crippen LogP contribution in [0, 0.1) is 0 Å². The topological polar surface area (TPSA) is 118 Å². The van der Waals surface area contributed by atoms with Gasteiger partial charge in [-0.25, -0.2) is 13.1 Å². The number of amides is 1. The SMILES string of the molecule is CC(=O)c1ccc(S(=O)(=O)NCc2ccc(C(=O)N[C@@H](C)CN)cc2)cc1.Cl. The van der Waals surface area contributed by atoms with E-state index in [0.717, 1.165) is 0 Å². The van der Waals surface area contributed by atoms with E-state index in [0.29, 0.717) is 23.2 Å². The third-order valence-corrected chi connectivity index (χ3v) is 5.40. The maximum Gasteiger partial charge on any atom is 0.251 e. The van der Waals surface area contributed by atoms with Gasteiger partial charge in [0.15, 0.2) is 5.78 Å². The maximum atomic E-state index is 12.3. The summed E-state index contributed by atoms with van der Waals surface area (Å²) in [6.07, 6.45) is 0. The van der Waals surface area contributed by atoms with Gasteiger partial charge in [-0.2, -0.15) is 0 Å². The van der Waals surface area contributed by atoms with Gasteiger partial charge in [0.05, 0.1) is 4.90 Å². The number of carbonyl (C=O) groups is 2. The number of Topliss-reactive ketones (excluding diaryl/α,β-unsaturated/α-hetero) is 1. The van der Waals surface area contributed by atoms with Gasteiger partial charge >= 0.3 is 0 Å². The zero-order chi connectivity index (χ0) is 20.0. The number of carbonyl (C=O) groups excluding carboxylic acids is 2. The van der Waals surface area contributed by atoms with Crippen molar-refractivity contribution in [1.82, 2.24) is 10.0 Å². The van der Waals surface area contributed by atoms with Crippen LogP contribution in [0.15, 0.2) is 53.4 Å². The summed E-state index contributed by atoms with van der Waals surface area (Å²) in [5.74, 6) is -0.359. The summed E-state index contributed by atoms with van der Waals surface area (Å²) in [5, 5.41) is 2.76. The molecule has 28 heavy (non-hydrogen) atoms. The summed E-state index contributed by atoms with van der Waals surface area (Å²) in [4.78, 5) is 23.4. The van der Waals surface area contributed by atoms with Crippen molar-refractivity contribution in [3.63, 3.8) is 0 Å². The van der Waals surface area contributed by atoms with E-state index < -0.39 is 10.0 Å². The van der Waals surface area contributed by atoms with Crippen LogP contribution in [0.3, 0.4) is 0 Å². The van der Waals surface area contributed by atoms with Gasteiger partial charge < -0.3 is 11.1 Å². The van der Waals surface area contributed by atoms with E-state index in [1.807, 2.05) is 6.92 Å². The molecule has 0 bridgehead atoms. The van der Waals surface area contributed by atoms with E-state index in [-0.39, 0.29) is 41.6 Å². The fraction of sp³-hybridized carbons (Fsp3) is 0.263. The monoisotopic (exact) mass is 425 g/mol. The number of nitrogens with one attached hydrogen (secondary N) is 2. The second-order valence-electron chi connectivity index (χ2n) is 6.21. The second kappa shape index (κ2) is 10.3. The molecule has 1 atom stereocenters. The quantitative estimate of drug-likeness (QED) is 0.558. The molecule has 0 saturated carbocycles. The molecule has 0 spiro atoms. The van der Waals surface area contributed by atoms with Gasteiger partial charge in [-0.1, -0.05) is 24.3 Å². The molecule has 0 fully saturated rings. The van der Waals surface area contributed by atoms with Crippen LogP contribution in [0.4, 0.5) is 0 Å². The Morgan fingerprint density at radius 2 is 1.54 bits per heavy atom. The molecule has 0 aliphatic rings. The summed E-state index contributed by atoms with van der Waals surface area (Å²) in [7, 11) is -3.70. The number of rotatable bonds is 8. The number of nitrogens with two attached hydrogens (primary N) is 1. The zero-order valence-corrected chi connectivity index (χ0v) is 17.3. The van der Waals surface area contributed by atoms with Gasteiger partial charge in [0, 0.05) is 30.3 Å². The molecule has 9 heteroatoms. The first-order valence-corrected chi connectivity index (χ1v) is 9.92. The Morgan fingerprint density at radius 3 is 2.04 bits per heavy atom. The average Bonchev–Trinajstić information content (AvgIpc) is 2.66. The minimum atomic E-state index is -3.70. The smallest absolute Gasteiger partial charge is 0.251 e. The fourth-order valence-corrected chi connectivity index (χ4v) is 3.29. The first-order valence-electron chi connectivity index (χ1n) is 8.43. The lowest BCUT2D eigenvalue weighted by Gasteiger charge is -2.12. The van der Waals surface area contributed by atoms with Gasteiger partial charge in [-0.05, 0) is 43.7 Å². The Morgan fingerprint density at radius 1 is 1.00 bits per heavy atom. The van der Waals surface area contributed by atoms with Crippen molar-refractivity contribution in [1.29, 1.82) is 0 Å². The molecular weight excluding hydrogens is 402 g/mol. The first kappa shape index (κ1) is 23.8. The zero-order valence-electron chi connectivity index (χ0n) is 15.6. The summed E-state index contributed by atoms with van der Waals surface area (Å²) in [5.41, 5.74) is 7.11. The number of sulfonamides is 1. The fourth-order valence-electron chi connectivity index (χ4n) is 2.27. The molecule has 2 aromatic carbocycles. The Kier molecular flexibility index (Phi) is 8.77. The first-order chi connectivity index (χ1) is 12.7. The standard InChI is InChI=1S/C19H23N3O4S.ClH/c1-13(11-20)22-19(24)17-5-3-15(4-6-17)12-21-27(25,26)18-9-7-16(8-10-18)14(2)23;/h3-10,13,21H,11-12,20H2,1-2H3,(H,22,24);1H/t13-;/m0./s1. The van der Waals surface area contributed by atoms with Crippen LogP contribution in [0.25, 0.3) is 0 Å². The lowest BCUT2D eigenvalue weighted by molar-refractivity contribution is 0.0940. The lowest BCUT2D eigenvalue weighted by atomic mass is 10.1. The van der Waals surface area contributed by atoms with Crippen LogP contribution in [-0.4, -0.2) is 32.7 Å². The van der Waals surface area contributed by atoms with Gasteiger partial charge in [-0.15, -0.1) is 12.4 Å². The van der Waals surface area contributed by atoms with E-state index in [1.54, 1.807) is 24.3 Å². The Hall–Kier alpha value is -2.26. The largest absolute Gasteiger partial charge is 0.348 e. The molecule has 0 aliphatic heterocycles. The number of hydrogen-bond acceptors (Lipinski definition) is 5. The van der Waals surface area contributed by atoms with Crippen molar-refractivity contribution in [2.75, 3.05) is 6.54 Å². The van der Waals surface area contributed by atoms with E-state index in [1.165, 1.54) is 31.2 Å². The summed E-state index contributed by atoms with van der Waals surface area (Å²) in [6.45, 7) is 3.66. The molecule has 1 amide bonds. The van der Waals surface area contributed by atoms with Crippen LogP contribution in [-0.2, 0) is 16.6 Å². The summed E-state index contributed by atoms with van der Waals surface area (Å²) >= 11 is 0. The van der Waals surface area contributed by atoms with Gasteiger partial charge in [0.1, 0.15) is 0 Å². The van der Waals surface area contributed by atoms with E-state index >= 15 is 0 Å². The average molecular weight is 426 g/mol.